The average Bonchev–Trinajstić information content (AvgIpc) is 2.59. The van der Waals surface area contributed by atoms with E-state index in [0.29, 0.717) is 5.92 Å². The number of nitrogens with zero attached hydrogens (tertiary/aromatic N) is 2. The van der Waals surface area contributed by atoms with Crippen molar-refractivity contribution in [3.05, 3.63) is 23.8 Å². The number of hydrogen-bond donors (Lipinski definition) is 0. The molecule has 1 heterocycles. The number of rotatable bonds is 1. The predicted molar refractivity (Wildman–Crippen MR) is 71.3 cm³/mol. The molecule has 2 heteroatoms. The fourth-order valence-electron chi connectivity index (χ4n) is 2.86. The summed E-state index contributed by atoms with van der Waals surface area (Å²) in [6.45, 7) is 2.12. The molecule has 1 aliphatic carbocycles. The lowest BCUT2D eigenvalue weighted by molar-refractivity contribution is 0.582. The molecule has 1 radical (unpaired) electrons. The minimum atomic E-state index is 0.601. The Balaban J connectivity index is 1.83. The van der Waals surface area contributed by atoms with E-state index in [1.165, 1.54) is 44.1 Å². The summed E-state index contributed by atoms with van der Waals surface area (Å²) in [5.41, 5.74) is 3.42. The highest BCUT2D eigenvalue weighted by Gasteiger charge is 2.25. The van der Waals surface area contributed by atoms with Crippen LogP contribution in [0.25, 0.3) is 0 Å². The molecule has 89 valence electrons. The molecule has 0 aromatic heterocycles. The van der Waals surface area contributed by atoms with E-state index in [4.69, 9.17) is 10.3 Å². The second-order valence-corrected chi connectivity index (χ2v) is 5.21. The second kappa shape index (κ2) is 4.52. The van der Waals surface area contributed by atoms with Gasteiger partial charge < -0.3 is 0 Å². The highest BCUT2D eigenvalue weighted by atomic mass is 15.1. The number of hydrogen-bond acceptors (Lipinski definition) is 1. The van der Waals surface area contributed by atoms with Crippen molar-refractivity contribution in [3.8, 4) is 0 Å². The maximum absolute atomic E-state index is 4.77. The molecule has 1 fully saturated rings. The van der Waals surface area contributed by atoms with Crippen LogP contribution in [0.2, 0.25) is 0 Å². The zero-order valence-electron chi connectivity index (χ0n) is 10.4. The van der Waals surface area contributed by atoms with Crippen LogP contribution in [0, 0.1) is 12.8 Å². The highest BCUT2D eigenvalue weighted by Crippen LogP contribution is 2.37. The Labute approximate surface area is 103 Å². The van der Waals surface area contributed by atoms with Gasteiger partial charge in [0, 0.05) is 5.92 Å². The predicted octanol–water partition coefficient (Wildman–Crippen LogP) is 4.24. The average molecular weight is 227 g/mol. The van der Waals surface area contributed by atoms with Gasteiger partial charge in [0.25, 0.3) is 0 Å². The molecule has 0 unspecified atom stereocenters. The molecule has 3 rings (SSSR count). The third-order valence-electron chi connectivity index (χ3n) is 3.90. The van der Waals surface area contributed by atoms with Crippen molar-refractivity contribution in [1.29, 1.82) is 0 Å². The summed E-state index contributed by atoms with van der Waals surface area (Å²) < 4.78 is 0. The Morgan fingerprint density at radius 3 is 2.53 bits per heavy atom. The van der Waals surface area contributed by atoms with Crippen LogP contribution in [-0.4, -0.2) is 5.84 Å². The molecule has 0 spiro atoms. The van der Waals surface area contributed by atoms with E-state index in [0.717, 1.165) is 17.2 Å². The fourth-order valence-corrected chi connectivity index (χ4v) is 2.86. The SMILES string of the molecule is Cc1cccc2c1N=C(C1CCCCCC1)[N]2. The number of amidine groups is 1. The van der Waals surface area contributed by atoms with E-state index in [1.54, 1.807) is 0 Å². The molecule has 17 heavy (non-hydrogen) atoms. The molecule has 1 aromatic rings. The number of aryl methyl sites for hydroxylation is 1. The van der Waals surface area contributed by atoms with E-state index >= 15 is 0 Å². The van der Waals surface area contributed by atoms with E-state index in [2.05, 4.69) is 25.1 Å². The fraction of sp³-hybridized carbons (Fsp3) is 0.533. The van der Waals surface area contributed by atoms with E-state index in [-0.39, 0.29) is 0 Å². The molecule has 0 N–H and O–H groups in total. The highest BCUT2D eigenvalue weighted by molar-refractivity contribution is 5.98. The maximum Gasteiger partial charge on any atom is 0.132 e. The number of aliphatic imine (C=N–C) groups is 1. The summed E-state index contributed by atoms with van der Waals surface area (Å²) in [6.07, 6.45) is 8.00. The lowest BCUT2D eigenvalue weighted by atomic mass is 9.99. The molecule has 2 aliphatic rings. The third-order valence-corrected chi connectivity index (χ3v) is 3.90. The first-order valence-corrected chi connectivity index (χ1v) is 6.74. The van der Waals surface area contributed by atoms with Crippen LogP contribution in [0.4, 0.5) is 11.4 Å². The van der Waals surface area contributed by atoms with Gasteiger partial charge >= 0.3 is 0 Å². The molecule has 1 aromatic carbocycles. The van der Waals surface area contributed by atoms with Crippen molar-refractivity contribution in [2.75, 3.05) is 0 Å². The van der Waals surface area contributed by atoms with Crippen LogP contribution in [0.15, 0.2) is 23.2 Å². The maximum atomic E-state index is 4.77. The quantitative estimate of drug-likeness (QED) is 0.641. The van der Waals surface area contributed by atoms with Crippen LogP contribution in [0.5, 0.6) is 0 Å². The minimum Gasteiger partial charge on any atom is -0.231 e. The first-order valence-electron chi connectivity index (χ1n) is 6.74. The lowest BCUT2D eigenvalue weighted by Gasteiger charge is -2.12. The smallest absolute Gasteiger partial charge is 0.132 e. The second-order valence-electron chi connectivity index (χ2n) is 5.21. The van der Waals surface area contributed by atoms with Crippen molar-refractivity contribution in [2.24, 2.45) is 10.9 Å². The summed E-state index contributed by atoms with van der Waals surface area (Å²) in [4.78, 5) is 4.77. The monoisotopic (exact) mass is 227 g/mol. The van der Waals surface area contributed by atoms with Crippen LogP contribution in [0.3, 0.4) is 0 Å². The lowest BCUT2D eigenvalue weighted by Crippen LogP contribution is -2.18. The van der Waals surface area contributed by atoms with Crippen LogP contribution >= 0.6 is 0 Å². The van der Waals surface area contributed by atoms with Crippen molar-refractivity contribution >= 4 is 17.2 Å². The van der Waals surface area contributed by atoms with E-state index < -0.39 is 0 Å². The van der Waals surface area contributed by atoms with Gasteiger partial charge in [-0.2, -0.15) is 0 Å². The summed E-state index contributed by atoms with van der Waals surface area (Å²) in [5, 5.41) is 4.73. The van der Waals surface area contributed by atoms with Crippen LogP contribution in [-0.2, 0) is 0 Å². The van der Waals surface area contributed by atoms with Crippen LogP contribution < -0.4 is 5.32 Å². The van der Waals surface area contributed by atoms with E-state index in [1.807, 2.05) is 0 Å². The molecule has 1 saturated carbocycles. The number of fused-ring (bicyclic) bond motifs is 1. The molecule has 2 nitrogen and oxygen atoms in total. The van der Waals surface area contributed by atoms with Crippen molar-refractivity contribution in [2.45, 2.75) is 45.4 Å². The zero-order chi connectivity index (χ0) is 11.7. The summed E-state index contributed by atoms with van der Waals surface area (Å²) >= 11 is 0. The normalized spacial score (nSPS) is 20.4. The van der Waals surface area contributed by atoms with Gasteiger partial charge in [0.05, 0.1) is 11.4 Å². The first kappa shape index (κ1) is 10.8. The zero-order valence-corrected chi connectivity index (χ0v) is 10.4. The molecular weight excluding hydrogens is 208 g/mol. The summed E-state index contributed by atoms with van der Waals surface area (Å²) in [6, 6.07) is 6.27. The number of benzene rings is 1. The Morgan fingerprint density at radius 1 is 1.06 bits per heavy atom. The van der Waals surface area contributed by atoms with Gasteiger partial charge in [-0.3, -0.25) is 0 Å². The minimum absolute atomic E-state index is 0.601. The van der Waals surface area contributed by atoms with Crippen LogP contribution in [0.1, 0.15) is 44.1 Å². The van der Waals surface area contributed by atoms with Crippen molar-refractivity contribution in [1.82, 2.24) is 5.32 Å². The van der Waals surface area contributed by atoms with E-state index in [9.17, 15) is 0 Å². The topological polar surface area (TPSA) is 26.5 Å². The molecule has 0 amide bonds. The molecule has 0 bridgehead atoms. The Bertz CT molecular complexity index is 440. The van der Waals surface area contributed by atoms with Gasteiger partial charge in [-0.05, 0) is 31.4 Å². The summed E-state index contributed by atoms with van der Waals surface area (Å²) in [7, 11) is 0. The standard InChI is InChI=1S/C15H19N2/c1-11-7-6-10-13-14(11)17-15(16-13)12-8-4-2-3-5-9-12/h6-7,10,12H,2-5,8-9H2,1H3. The van der Waals surface area contributed by atoms with Gasteiger partial charge in [-0.1, -0.05) is 37.8 Å². The van der Waals surface area contributed by atoms with Gasteiger partial charge in [0.1, 0.15) is 5.84 Å². The van der Waals surface area contributed by atoms with Gasteiger partial charge in [-0.25, -0.2) is 10.3 Å². The van der Waals surface area contributed by atoms with Gasteiger partial charge in [0.15, 0.2) is 0 Å². The first-order chi connectivity index (χ1) is 8.34. The molecule has 0 atom stereocenters. The van der Waals surface area contributed by atoms with Crippen molar-refractivity contribution < 1.29 is 0 Å². The number of para-hydroxylation sites is 1. The molecule has 1 aliphatic heterocycles. The Hall–Kier alpha value is -1.31. The molecule has 0 saturated heterocycles. The van der Waals surface area contributed by atoms with Gasteiger partial charge in [-0.15, -0.1) is 0 Å². The van der Waals surface area contributed by atoms with Crippen molar-refractivity contribution in [3.63, 3.8) is 0 Å². The molecular formula is C15H19N2. The largest absolute Gasteiger partial charge is 0.231 e. The Kier molecular flexibility index (Phi) is 2.87. The third kappa shape index (κ3) is 2.08. The van der Waals surface area contributed by atoms with Gasteiger partial charge in [0.2, 0.25) is 0 Å². The Morgan fingerprint density at radius 2 is 1.82 bits per heavy atom. The summed E-state index contributed by atoms with van der Waals surface area (Å²) in [5.74, 6) is 1.69.